The molecule has 130 valence electrons. The molecule has 0 saturated heterocycles. The van der Waals surface area contributed by atoms with Gasteiger partial charge in [0.05, 0.1) is 11.3 Å². The molecule has 0 heterocycles. The van der Waals surface area contributed by atoms with E-state index >= 15 is 0 Å². The summed E-state index contributed by atoms with van der Waals surface area (Å²) in [5.41, 5.74) is 0.814. The first-order chi connectivity index (χ1) is 12.0. The maximum atomic E-state index is 12.4. The van der Waals surface area contributed by atoms with Gasteiger partial charge in [0.25, 0.3) is 11.8 Å². The second-order valence-corrected chi connectivity index (χ2v) is 6.16. The van der Waals surface area contributed by atoms with Gasteiger partial charge in [0.15, 0.2) is 6.10 Å². The number of halogens is 1. The zero-order valence-electron chi connectivity index (χ0n) is 13.8. The molecule has 2 aromatic carbocycles. The molecule has 0 spiro atoms. The average molecular weight is 403 g/mol. The molecule has 0 saturated carbocycles. The van der Waals surface area contributed by atoms with Crippen molar-refractivity contribution in [2.45, 2.75) is 13.0 Å². The smallest absolute Gasteiger partial charge is 0.265 e. The molecule has 0 aliphatic heterocycles. The van der Waals surface area contributed by atoms with Crippen molar-refractivity contribution in [1.29, 1.82) is 0 Å². The molecule has 2 N–H and O–H groups in total. The summed E-state index contributed by atoms with van der Waals surface area (Å²) < 4.78 is 6.55. The molecule has 2 aromatic rings. The molecule has 0 radical (unpaired) electrons. The minimum absolute atomic E-state index is 0.280. The Labute approximate surface area is 155 Å². The van der Waals surface area contributed by atoms with Crippen molar-refractivity contribution in [1.82, 2.24) is 5.32 Å². The molecule has 1 atom stereocenters. The molecule has 2 amide bonds. The first-order valence-corrected chi connectivity index (χ1v) is 8.51. The summed E-state index contributed by atoms with van der Waals surface area (Å²) in [6.07, 6.45) is 0.873. The molecule has 0 fully saturated rings. The molecule has 0 aliphatic carbocycles. The summed E-state index contributed by atoms with van der Waals surface area (Å²) in [6.45, 7) is 5.56. The van der Waals surface area contributed by atoms with Gasteiger partial charge >= 0.3 is 0 Å². The van der Waals surface area contributed by atoms with E-state index in [1.54, 1.807) is 49.4 Å². The van der Waals surface area contributed by atoms with Gasteiger partial charge in [-0.2, -0.15) is 0 Å². The Morgan fingerprint density at radius 2 is 1.88 bits per heavy atom. The Hall–Kier alpha value is -2.60. The molecule has 0 aromatic heterocycles. The van der Waals surface area contributed by atoms with Crippen LogP contribution in [0.25, 0.3) is 0 Å². The van der Waals surface area contributed by atoms with E-state index in [1.165, 1.54) is 0 Å². The molecule has 25 heavy (non-hydrogen) atoms. The number of rotatable bonds is 7. The lowest BCUT2D eigenvalue weighted by Crippen LogP contribution is -2.31. The Balaban J connectivity index is 2.05. The zero-order chi connectivity index (χ0) is 18.2. The summed E-state index contributed by atoms with van der Waals surface area (Å²) in [5, 5.41) is 5.43. The lowest BCUT2D eigenvalue weighted by atomic mass is 10.1. The first-order valence-electron chi connectivity index (χ1n) is 7.72. The Kier molecular flexibility index (Phi) is 6.77. The van der Waals surface area contributed by atoms with Gasteiger partial charge in [0.2, 0.25) is 0 Å². The number of ether oxygens (including phenoxy) is 1. The highest BCUT2D eigenvalue weighted by molar-refractivity contribution is 9.10. The van der Waals surface area contributed by atoms with E-state index in [1.807, 2.05) is 12.1 Å². The molecular formula is C19H19BrN2O3. The number of amides is 2. The van der Waals surface area contributed by atoms with Crippen molar-refractivity contribution >= 4 is 33.4 Å². The normalized spacial score (nSPS) is 11.3. The molecule has 0 bridgehead atoms. The highest BCUT2D eigenvalue weighted by atomic mass is 79.9. The average Bonchev–Trinajstić information content (AvgIpc) is 2.62. The van der Waals surface area contributed by atoms with Crippen LogP contribution in [0, 0.1) is 0 Å². The van der Waals surface area contributed by atoms with Crippen LogP contribution in [-0.2, 0) is 4.79 Å². The predicted molar refractivity (Wildman–Crippen MR) is 102 cm³/mol. The highest BCUT2D eigenvalue weighted by Crippen LogP contribution is 2.19. The Morgan fingerprint density at radius 1 is 1.20 bits per heavy atom. The highest BCUT2D eigenvalue weighted by Gasteiger charge is 2.18. The van der Waals surface area contributed by atoms with Gasteiger partial charge in [-0.15, -0.1) is 6.58 Å². The number of hydrogen-bond donors (Lipinski definition) is 2. The number of hydrogen-bond acceptors (Lipinski definition) is 3. The minimum Gasteiger partial charge on any atom is -0.481 e. The van der Waals surface area contributed by atoms with E-state index in [9.17, 15) is 9.59 Å². The maximum absolute atomic E-state index is 12.4. The van der Waals surface area contributed by atoms with Gasteiger partial charge in [-0.25, -0.2) is 0 Å². The quantitative estimate of drug-likeness (QED) is 0.692. The number of para-hydroxylation sites is 1. The first kappa shape index (κ1) is 18.7. The molecular weight excluding hydrogens is 384 g/mol. The van der Waals surface area contributed by atoms with E-state index < -0.39 is 6.10 Å². The third-order valence-corrected chi connectivity index (χ3v) is 3.86. The van der Waals surface area contributed by atoms with Crippen molar-refractivity contribution in [3.8, 4) is 5.75 Å². The van der Waals surface area contributed by atoms with E-state index in [0.717, 1.165) is 4.47 Å². The third kappa shape index (κ3) is 5.46. The van der Waals surface area contributed by atoms with Gasteiger partial charge in [0, 0.05) is 11.0 Å². The maximum Gasteiger partial charge on any atom is 0.265 e. The fourth-order valence-corrected chi connectivity index (χ4v) is 2.32. The van der Waals surface area contributed by atoms with Crippen LogP contribution in [0.15, 0.2) is 65.7 Å². The van der Waals surface area contributed by atoms with Crippen LogP contribution in [0.1, 0.15) is 17.3 Å². The van der Waals surface area contributed by atoms with Gasteiger partial charge in [-0.1, -0.05) is 34.1 Å². The lowest BCUT2D eigenvalue weighted by Gasteiger charge is -2.16. The summed E-state index contributed by atoms with van der Waals surface area (Å²) in [5.74, 6) is -0.0352. The molecule has 5 nitrogen and oxygen atoms in total. The summed E-state index contributed by atoms with van der Waals surface area (Å²) >= 11 is 3.35. The standard InChI is InChI=1S/C19H19BrN2O3/c1-3-12-21-19(24)16-6-4-5-7-17(16)22-18(23)13(2)25-15-10-8-14(20)9-11-15/h3-11,13H,1,12H2,2H3,(H,21,24)(H,22,23). The van der Waals surface area contributed by atoms with Gasteiger partial charge in [-0.3, -0.25) is 9.59 Å². The number of nitrogens with one attached hydrogen (secondary N) is 2. The fourth-order valence-electron chi connectivity index (χ4n) is 2.06. The SMILES string of the molecule is C=CCNC(=O)c1ccccc1NC(=O)C(C)Oc1ccc(Br)cc1. The van der Waals surface area contributed by atoms with E-state index in [-0.39, 0.29) is 11.8 Å². The van der Waals surface area contributed by atoms with Crippen molar-refractivity contribution in [3.63, 3.8) is 0 Å². The van der Waals surface area contributed by atoms with Gasteiger partial charge in [-0.05, 0) is 43.3 Å². The molecule has 1 unspecified atom stereocenters. The largest absolute Gasteiger partial charge is 0.481 e. The van der Waals surface area contributed by atoms with Crippen LogP contribution < -0.4 is 15.4 Å². The third-order valence-electron chi connectivity index (χ3n) is 3.33. The number of benzene rings is 2. The van der Waals surface area contributed by atoms with Crippen LogP contribution in [0.5, 0.6) is 5.75 Å². The van der Waals surface area contributed by atoms with Crippen molar-refractivity contribution in [2.24, 2.45) is 0 Å². The fraction of sp³-hybridized carbons (Fsp3) is 0.158. The van der Waals surface area contributed by atoms with Crippen molar-refractivity contribution in [3.05, 3.63) is 71.2 Å². The van der Waals surface area contributed by atoms with Gasteiger partial charge in [0.1, 0.15) is 5.75 Å². The second-order valence-electron chi connectivity index (χ2n) is 5.25. The Bertz CT molecular complexity index is 760. The van der Waals surface area contributed by atoms with Crippen LogP contribution in [-0.4, -0.2) is 24.5 Å². The van der Waals surface area contributed by atoms with Crippen LogP contribution in [0.4, 0.5) is 5.69 Å². The van der Waals surface area contributed by atoms with E-state index in [2.05, 4.69) is 33.1 Å². The topological polar surface area (TPSA) is 67.4 Å². The minimum atomic E-state index is -0.717. The molecule has 6 heteroatoms. The second kappa shape index (κ2) is 9.03. The summed E-state index contributed by atoms with van der Waals surface area (Å²) in [6, 6.07) is 14.0. The van der Waals surface area contributed by atoms with Crippen LogP contribution in [0.2, 0.25) is 0 Å². The number of carbonyl (C=O) groups is 2. The molecule has 0 aliphatic rings. The van der Waals surface area contributed by atoms with Crippen molar-refractivity contribution < 1.29 is 14.3 Å². The Morgan fingerprint density at radius 3 is 2.56 bits per heavy atom. The summed E-state index contributed by atoms with van der Waals surface area (Å²) in [7, 11) is 0. The lowest BCUT2D eigenvalue weighted by molar-refractivity contribution is -0.122. The number of anilines is 1. The monoisotopic (exact) mass is 402 g/mol. The number of carbonyl (C=O) groups excluding carboxylic acids is 2. The van der Waals surface area contributed by atoms with Crippen molar-refractivity contribution in [2.75, 3.05) is 11.9 Å². The van der Waals surface area contributed by atoms with Crippen LogP contribution in [0.3, 0.4) is 0 Å². The van der Waals surface area contributed by atoms with E-state index in [0.29, 0.717) is 23.5 Å². The molecule has 2 rings (SSSR count). The van der Waals surface area contributed by atoms with Gasteiger partial charge < -0.3 is 15.4 Å². The summed E-state index contributed by atoms with van der Waals surface area (Å²) in [4.78, 5) is 24.5. The zero-order valence-corrected chi connectivity index (χ0v) is 15.4. The van der Waals surface area contributed by atoms with Crippen LogP contribution >= 0.6 is 15.9 Å². The predicted octanol–water partition coefficient (Wildman–Crippen LogP) is 3.77. The van der Waals surface area contributed by atoms with E-state index in [4.69, 9.17) is 4.74 Å².